The summed E-state index contributed by atoms with van der Waals surface area (Å²) < 4.78 is 33.2. The lowest BCUT2D eigenvalue weighted by molar-refractivity contribution is -0.124. The van der Waals surface area contributed by atoms with Crippen molar-refractivity contribution < 1.29 is 22.7 Å². The largest absolute Gasteiger partial charge is 0.457 e. The third-order valence-electron chi connectivity index (χ3n) is 4.29. The summed E-state index contributed by atoms with van der Waals surface area (Å²) in [5.41, 5.74) is -1.38. The van der Waals surface area contributed by atoms with Gasteiger partial charge in [-0.1, -0.05) is 0 Å². The topological polar surface area (TPSA) is 126 Å². The molecule has 142 valence electrons. The summed E-state index contributed by atoms with van der Waals surface area (Å²) in [6, 6.07) is 7.64. The zero-order chi connectivity index (χ0) is 19.7. The van der Waals surface area contributed by atoms with E-state index in [1.54, 1.807) is 24.5 Å². The molecular formula is C17H18N4O5S. The zero-order valence-corrected chi connectivity index (χ0v) is 15.4. The maximum absolute atomic E-state index is 12.6. The molecule has 0 saturated carbocycles. The van der Waals surface area contributed by atoms with Crippen molar-refractivity contribution in [3.8, 4) is 11.5 Å². The van der Waals surface area contributed by atoms with E-state index in [9.17, 15) is 18.0 Å². The number of imide groups is 1. The van der Waals surface area contributed by atoms with Crippen molar-refractivity contribution in [2.45, 2.75) is 30.3 Å². The smallest absolute Gasteiger partial charge is 0.322 e. The Balaban J connectivity index is 1.73. The van der Waals surface area contributed by atoms with Gasteiger partial charge in [0.2, 0.25) is 10.0 Å². The van der Waals surface area contributed by atoms with E-state index in [2.05, 4.69) is 20.3 Å². The van der Waals surface area contributed by atoms with Gasteiger partial charge in [0.15, 0.2) is 0 Å². The highest BCUT2D eigenvalue weighted by Crippen LogP contribution is 2.23. The number of nitrogens with one attached hydrogen (secondary N) is 3. The summed E-state index contributed by atoms with van der Waals surface area (Å²) in [6.45, 7) is 2.95. The summed E-state index contributed by atoms with van der Waals surface area (Å²) in [4.78, 5) is 27.2. The quantitative estimate of drug-likeness (QED) is 0.635. The van der Waals surface area contributed by atoms with Gasteiger partial charge in [-0.25, -0.2) is 17.9 Å². The Labute approximate surface area is 156 Å². The lowest BCUT2D eigenvalue weighted by Gasteiger charge is -2.28. The Bertz CT molecular complexity index is 963. The van der Waals surface area contributed by atoms with Gasteiger partial charge in [-0.15, -0.1) is 0 Å². The van der Waals surface area contributed by atoms with E-state index in [4.69, 9.17) is 4.74 Å². The molecule has 3 N–H and O–H groups in total. The summed E-state index contributed by atoms with van der Waals surface area (Å²) >= 11 is 0. The van der Waals surface area contributed by atoms with E-state index < -0.39 is 33.5 Å². The number of sulfonamides is 1. The minimum Gasteiger partial charge on any atom is -0.457 e. The van der Waals surface area contributed by atoms with Crippen molar-refractivity contribution in [2.24, 2.45) is 0 Å². The first-order chi connectivity index (χ1) is 12.7. The molecule has 1 aliphatic rings. The Morgan fingerprint density at radius 1 is 1.07 bits per heavy atom. The van der Waals surface area contributed by atoms with Gasteiger partial charge >= 0.3 is 6.03 Å². The molecule has 0 spiro atoms. The van der Waals surface area contributed by atoms with Crippen molar-refractivity contribution in [3.63, 3.8) is 0 Å². The van der Waals surface area contributed by atoms with Gasteiger partial charge in [-0.3, -0.25) is 15.1 Å². The first-order valence-electron chi connectivity index (χ1n) is 8.04. The Morgan fingerprint density at radius 2 is 1.67 bits per heavy atom. The van der Waals surface area contributed by atoms with Gasteiger partial charge in [0.1, 0.15) is 17.0 Å². The molecule has 3 rings (SSSR count). The van der Waals surface area contributed by atoms with E-state index in [1.807, 2.05) is 0 Å². The second-order valence-corrected chi connectivity index (χ2v) is 7.92. The summed E-state index contributed by atoms with van der Waals surface area (Å²) in [6.07, 6.45) is 3.16. The average molecular weight is 390 g/mol. The molecule has 0 radical (unpaired) electrons. The van der Waals surface area contributed by atoms with E-state index in [-0.39, 0.29) is 4.90 Å². The van der Waals surface area contributed by atoms with Crippen LogP contribution in [0.5, 0.6) is 11.5 Å². The monoisotopic (exact) mass is 390 g/mol. The van der Waals surface area contributed by atoms with Gasteiger partial charge in [-0.05, 0) is 50.2 Å². The minimum absolute atomic E-state index is 0.00441. The third kappa shape index (κ3) is 3.91. The average Bonchev–Trinajstić information content (AvgIpc) is 2.89. The molecule has 1 fully saturated rings. The molecular weight excluding hydrogens is 372 g/mol. The van der Waals surface area contributed by atoms with Crippen LogP contribution in [-0.2, 0) is 14.8 Å². The predicted molar refractivity (Wildman–Crippen MR) is 95.6 cm³/mol. The van der Waals surface area contributed by atoms with Gasteiger partial charge < -0.3 is 10.1 Å². The Hall–Kier alpha value is -2.98. The van der Waals surface area contributed by atoms with Gasteiger partial charge in [0, 0.05) is 12.4 Å². The molecule has 0 aliphatic carbocycles. The number of hydrogen-bond donors (Lipinski definition) is 3. The van der Waals surface area contributed by atoms with E-state index in [0.29, 0.717) is 11.5 Å². The number of ether oxygens (including phenoxy) is 1. The second-order valence-electron chi connectivity index (χ2n) is 6.21. The van der Waals surface area contributed by atoms with Crippen LogP contribution in [0.4, 0.5) is 4.79 Å². The fraction of sp³-hybridized carbons (Fsp3) is 0.235. The fourth-order valence-corrected chi connectivity index (χ4v) is 3.84. The van der Waals surface area contributed by atoms with Crippen molar-refractivity contribution >= 4 is 22.0 Å². The van der Waals surface area contributed by atoms with E-state index in [1.165, 1.54) is 38.1 Å². The van der Waals surface area contributed by atoms with Crippen LogP contribution in [0.15, 0.2) is 53.7 Å². The number of nitrogens with zero attached hydrogens (tertiary/aromatic N) is 1. The molecule has 2 aromatic rings. The zero-order valence-electron chi connectivity index (χ0n) is 14.6. The molecule has 1 saturated heterocycles. The number of urea groups is 1. The Kier molecular flexibility index (Phi) is 4.85. The number of carbonyl (C=O) groups excluding carboxylic acids is 2. The Morgan fingerprint density at radius 3 is 2.22 bits per heavy atom. The lowest BCUT2D eigenvalue weighted by Crippen LogP contribution is -2.59. The molecule has 0 bridgehead atoms. The van der Waals surface area contributed by atoms with Crippen molar-refractivity contribution in [2.75, 3.05) is 0 Å². The van der Waals surface area contributed by atoms with Crippen LogP contribution in [0.2, 0.25) is 0 Å². The van der Waals surface area contributed by atoms with Crippen molar-refractivity contribution in [1.29, 1.82) is 0 Å². The predicted octanol–water partition coefficient (Wildman–Crippen LogP) is 1.14. The van der Waals surface area contributed by atoms with Crippen molar-refractivity contribution in [1.82, 2.24) is 20.3 Å². The molecule has 1 aromatic carbocycles. The highest BCUT2D eigenvalue weighted by Gasteiger charge is 2.47. The van der Waals surface area contributed by atoms with Crippen LogP contribution in [0.3, 0.4) is 0 Å². The summed E-state index contributed by atoms with van der Waals surface area (Å²) in [7, 11) is -3.91. The molecule has 27 heavy (non-hydrogen) atoms. The maximum atomic E-state index is 12.6. The number of amides is 3. The van der Waals surface area contributed by atoms with Gasteiger partial charge in [0.25, 0.3) is 5.91 Å². The summed E-state index contributed by atoms with van der Waals surface area (Å²) in [5.74, 6) is 0.439. The molecule has 1 aliphatic heterocycles. The van der Waals surface area contributed by atoms with Gasteiger partial charge in [0.05, 0.1) is 10.9 Å². The van der Waals surface area contributed by atoms with Gasteiger partial charge in [-0.2, -0.15) is 0 Å². The molecule has 9 nitrogen and oxygen atoms in total. The molecule has 3 amide bonds. The van der Waals surface area contributed by atoms with E-state index >= 15 is 0 Å². The normalized spacial score (nSPS) is 20.7. The highest BCUT2D eigenvalue weighted by molar-refractivity contribution is 7.89. The minimum atomic E-state index is -3.91. The van der Waals surface area contributed by atoms with Crippen LogP contribution in [0.1, 0.15) is 13.8 Å². The maximum Gasteiger partial charge on any atom is 0.322 e. The number of hydrogen-bond acceptors (Lipinski definition) is 6. The van der Waals surface area contributed by atoms with Crippen LogP contribution < -0.4 is 20.1 Å². The first-order valence-corrected chi connectivity index (χ1v) is 9.53. The molecule has 2 heterocycles. The number of aromatic nitrogens is 1. The van der Waals surface area contributed by atoms with Crippen LogP contribution in [0, 0.1) is 0 Å². The lowest BCUT2D eigenvalue weighted by atomic mass is 9.95. The number of carbonyl (C=O) groups is 2. The molecule has 10 heteroatoms. The third-order valence-corrected chi connectivity index (χ3v) is 5.85. The number of pyridine rings is 1. The van der Waals surface area contributed by atoms with Crippen LogP contribution in [0.25, 0.3) is 0 Å². The molecule has 2 atom stereocenters. The standard InChI is InChI=1S/C17H18N4O5S/c1-11(17(2)15(22)19-16(23)20-17)21-27(24,25)14-5-3-12(4-6-14)26-13-7-9-18-10-8-13/h3-11,21H,1-2H3,(H2,19,20,22,23)/t11-,17-/m1/s1. The number of rotatable bonds is 6. The molecule has 1 aromatic heterocycles. The molecule has 0 unspecified atom stereocenters. The SMILES string of the molecule is C[C@@H](NS(=O)(=O)c1ccc(Oc2ccncc2)cc1)[C@@]1(C)NC(=O)NC1=O. The fourth-order valence-electron chi connectivity index (χ4n) is 2.51. The van der Waals surface area contributed by atoms with Crippen molar-refractivity contribution in [3.05, 3.63) is 48.8 Å². The van der Waals surface area contributed by atoms with Crippen LogP contribution in [-0.4, -0.2) is 36.9 Å². The number of benzene rings is 1. The van der Waals surface area contributed by atoms with Crippen LogP contribution >= 0.6 is 0 Å². The second kappa shape index (κ2) is 6.97. The first kappa shape index (κ1) is 18.8. The highest BCUT2D eigenvalue weighted by atomic mass is 32.2. The van der Waals surface area contributed by atoms with E-state index in [0.717, 1.165) is 0 Å². The summed E-state index contributed by atoms with van der Waals surface area (Å²) in [5, 5.41) is 4.54.